The lowest BCUT2D eigenvalue weighted by Gasteiger charge is -2.30. The fourth-order valence-corrected chi connectivity index (χ4v) is 3.27. The van der Waals surface area contributed by atoms with Gasteiger partial charge in [-0.25, -0.2) is 4.98 Å². The molecular formula is C12H18N2S. The fourth-order valence-electron chi connectivity index (χ4n) is 2.11. The molecule has 2 aliphatic rings. The summed E-state index contributed by atoms with van der Waals surface area (Å²) in [6, 6.07) is 0. The van der Waals surface area contributed by atoms with Gasteiger partial charge < -0.3 is 5.73 Å². The van der Waals surface area contributed by atoms with Crippen molar-refractivity contribution in [1.82, 2.24) is 4.98 Å². The van der Waals surface area contributed by atoms with Crippen LogP contribution in [-0.2, 0) is 5.41 Å². The molecule has 1 aromatic rings. The van der Waals surface area contributed by atoms with E-state index in [4.69, 9.17) is 10.7 Å². The molecular weight excluding hydrogens is 204 g/mol. The first-order chi connectivity index (χ1) is 7.03. The Morgan fingerprint density at radius 2 is 2.13 bits per heavy atom. The molecule has 0 amide bonds. The number of thiazole rings is 1. The Balaban J connectivity index is 1.90. The summed E-state index contributed by atoms with van der Waals surface area (Å²) in [6.45, 7) is 4.48. The van der Waals surface area contributed by atoms with Gasteiger partial charge >= 0.3 is 0 Å². The van der Waals surface area contributed by atoms with Crippen LogP contribution in [0.1, 0.15) is 56.2 Å². The van der Waals surface area contributed by atoms with Crippen LogP contribution in [0.2, 0.25) is 0 Å². The van der Waals surface area contributed by atoms with E-state index in [1.807, 2.05) is 11.3 Å². The van der Waals surface area contributed by atoms with Crippen LogP contribution < -0.4 is 5.73 Å². The van der Waals surface area contributed by atoms with Crippen molar-refractivity contribution in [1.29, 1.82) is 0 Å². The second-order valence-electron chi connectivity index (χ2n) is 5.63. The highest BCUT2D eigenvalue weighted by molar-refractivity contribution is 7.09. The predicted octanol–water partition coefficient (Wildman–Crippen LogP) is 2.79. The maximum absolute atomic E-state index is 6.32. The van der Waals surface area contributed by atoms with Crippen molar-refractivity contribution in [2.45, 2.75) is 56.4 Å². The number of hydrogen-bond acceptors (Lipinski definition) is 3. The van der Waals surface area contributed by atoms with Gasteiger partial charge in [-0.1, -0.05) is 13.8 Å². The molecule has 2 N–H and O–H groups in total. The van der Waals surface area contributed by atoms with E-state index in [1.165, 1.54) is 23.5 Å². The molecule has 2 saturated carbocycles. The number of nitrogens with two attached hydrogens (primary N) is 1. The van der Waals surface area contributed by atoms with E-state index in [-0.39, 0.29) is 11.0 Å². The Morgan fingerprint density at radius 3 is 2.67 bits per heavy atom. The average Bonchev–Trinajstić information content (AvgIpc) is 3.09. The van der Waals surface area contributed by atoms with E-state index in [2.05, 4.69) is 19.2 Å². The molecule has 2 fully saturated rings. The Hall–Kier alpha value is -0.410. The van der Waals surface area contributed by atoms with Crippen molar-refractivity contribution >= 4 is 11.3 Å². The first-order valence-electron chi connectivity index (χ1n) is 5.78. The van der Waals surface area contributed by atoms with Crippen LogP contribution in [0, 0.1) is 0 Å². The van der Waals surface area contributed by atoms with E-state index in [1.54, 1.807) is 0 Å². The third-order valence-electron chi connectivity index (χ3n) is 4.12. The molecule has 0 atom stereocenters. The summed E-state index contributed by atoms with van der Waals surface area (Å²) in [5.41, 5.74) is 7.61. The molecule has 0 aliphatic heterocycles. The van der Waals surface area contributed by atoms with Crippen molar-refractivity contribution < 1.29 is 0 Å². The number of rotatable bonds is 3. The Labute approximate surface area is 94.9 Å². The van der Waals surface area contributed by atoms with Crippen LogP contribution in [0.15, 0.2) is 5.38 Å². The SMILES string of the molecule is CC(C)(c1csc(C2CC2)n1)C1(N)CC1. The lowest BCUT2D eigenvalue weighted by Crippen LogP contribution is -2.43. The van der Waals surface area contributed by atoms with E-state index >= 15 is 0 Å². The molecule has 0 spiro atoms. The molecule has 1 heterocycles. The van der Waals surface area contributed by atoms with Crippen molar-refractivity contribution in [3.8, 4) is 0 Å². The van der Waals surface area contributed by atoms with Gasteiger partial charge in [0.1, 0.15) is 0 Å². The largest absolute Gasteiger partial charge is 0.324 e. The molecule has 2 nitrogen and oxygen atoms in total. The zero-order chi connectivity index (χ0) is 10.7. The highest BCUT2D eigenvalue weighted by Crippen LogP contribution is 2.50. The van der Waals surface area contributed by atoms with Crippen molar-refractivity contribution in [3.63, 3.8) is 0 Å². The van der Waals surface area contributed by atoms with Crippen LogP contribution in [-0.4, -0.2) is 10.5 Å². The zero-order valence-electron chi connectivity index (χ0n) is 9.42. The molecule has 0 bridgehead atoms. The highest BCUT2D eigenvalue weighted by Gasteiger charge is 2.53. The van der Waals surface area contributed by atoms with Gasteiger partial charge in [-0.2, -0.15) is 0 Å². The summed E-state index contributed by atoms with van der Waals surface area (Å²) < 4.78 is 0. The first kappa shape index (κ1) is 9.79. The molecule has 82 valence electrons. The summed E-state index contributed by atoms with van der Waals surface area (Å²) in [6.07, 6.45) is 4.97. The van der Waals surface area contributed by atoms with E-state index < -0.39 is 0 Å². The molecule has 0 unspecified atom stereocenters. The maximum Gasteiger partial charge on any atom is 0.0959 e. The molecule has 1 aromatic heterocycles. The maximum atomic E-state index is 6.32. The van der Waals surface area contributed by atoms with Gasteiger partial charge in [-0.05, 0) is 25.7 Å². The summed E-state index contributed by atoms with van der Waals surface area (Å²) in [5.74, 6) is 0.771. The normalized spacial score (nSPS) is 24.2. The third kappa shape index (κ3) is 1.44. The average molecular weight is 222 g/mol. The second kappa shape index (κ2) is 2.83. The molecule has 15 heavy (non-hydrogen) atoms. The molecule has 2 aliphatic carbocycles. The van der Waals surface area contributed by atoms with Gasteiger partial charge in [0.2, 0.25) is 0 Å². The van der Waals surface area contributed by atoms with E-state index in [0.717, 1.165) is 18.8 Å². The molecule has 0 radical (unpaired) electrons. The predicted molar refractivity (Wildman–Crippen MR) is 63.3 cm³/mol. The van der Waals surface area contributed by atoms with E-state index in [0.29, 0.717) is 0 Å². The molecule has 0 aromatic carbocycles. The Bertz CT molecular complexity index is 386. The minimum atomic E-state index is 0.0158. The summed E-state index contributed by atoms with van der Waals surface area (Å²) in [4.78, 5) is 4.79. The summed E-state index contributed by atoms with van der Waals surface area (Å²) >= 11 is 1.82. The van der Waals surface area contributed by atoms with Crippen molar-refractivity contribution in [3.05, 3.63) is 16.1 Å². The van der Waals surface area contributed by atoms with Gasteiger partial charge in [0, 0.05) is 22.3 Å². The zero-order valence-corrected chi connectivity index (χ0v) is 10.2. The third-order valence-corrected chi connectivity index (χ3v) is 5.13. The Morgan fingerprint density at radius 1 is 1.47 bits per heavy atom. The fraction of sp³-hybridized carbons (Fsp3) is 0.750. The number of nitrogens with zero attached hydrogens (tertiary/aromatic N) is 1. The minimum Gasteiger partial charge on any atom is -0.324 e. The van der Waals surface area contributed by atoms with Crippen LogP contribution in [0.3, 0.4) is 0 Å². The quantitative estimate of drug-likeness (QED) is 0.854. The summed E-state index contributed by atoms with van der Waals surface area (Å²) in [7, 11) is 0. The van der Waals surface area contributed by atoms with Gasteiger partial charge in [0.05, 0.1) is 10.7 Å². The molecule has 3 heteroatoms. The van der Waals surface area contributed by atoms with Crippen molar-refractivity contribution in [2.24, 2.45) is 5.73 Å². The van der Waals surface area contributed by atoms with Gasteiger partial charge in [0.25, 0.3) is 0 Å². The van der Waals surface area contributed by atoms with Crippen LogP contribution >= 0.6 is 11.3 Å². The molecule has 0 saturated heterocycles. The highest BCUT2D eigenvalue weighted by atomic mass is 32.1. The van der Waals surface area contributed by atoms with E-state index in [9.17, 15) is 0 Å². The molecule has 3 rings (SSSR count). The first-order valence-corrected chi connectivity index (χ1v) is 6.66. The monoisotopic (exact) mass is 222 g/mol. The number of hydrogen-bond donors (Lipinski definition) is 1. The van der Waals surface area contributed by atoms with Crippen molar-refractivity contribution in [2.75, 3.05) is 0 Å². The van der Waals surface area contributed by atoms with Crippen LogP contribution in [0.5, 0.6) is 0 Å². The lowest BCUT2D eigenvalue weighted by atomic mass is 9.80. The van der Waals surface area contributed by atoms with Gasteiger partial charge in [-0.3, -0.25) is 0 Å². The standard InChI is InChI=1S/C12H18N2S/c1-11(2,12(13)5-6-12)9-7-15-10(14-9)8-3-4-8/h7-8H,3-6,13H2,1-2H3. The Kier molecular flexibility index (Phi) is 1.85. The van der Waals surface area contributed by atoms with Gasteiger partial charge in [0.15, 0.2) is 0 Å². The minimum absolute atomic E-state index is 0.0158. The van der Waals surface area contributed by atoms with Crippen LogP contribution in [0.25, 0.3) is 0 Å². The number of aromatic nitrogens is 1. The second-order valence-corrected chi connectivity index (χ2v) is 6.52. The smallest absolute Gasteiger partial charge is 0.0959 e. The lowest BCUT2D eigenvalue weighted by molar-refractivity contribution is 0.382. The van der Waals surface area contributed by atoms with Crippen LogP contribution in [0.4, 0.5) is 0 Å². The topological polar surface area (TPSA) is 38.9 Å². The summed E-state index contributed by atoms with van der Waals surface area (Å²) in [5, 5.41) is 3.56. The van der Waals surface area contributed by atoms with Gasteiger partial charge in [-0.15, -0.1) is 11.3 Å².